The van der Waals surface area contributed by atoms with Gasteiger partial charge in [-0.15, -0.1) is 0 Å². The summed E-state index contributed by atoms with van der Waals surface area (Å²) in [6.07, 6.45) is 8.40. The number of rotatable bonds is 14. The number of hydrogen-bond acceptors (Lipinski definition) is 4. The fraction of sp³-hybridized carbons (Fsp3) is 1.00. The van der Waals surface area contributed by atoms with Gasteiger partial charge in [0, 0.05) is 31.7 Å². The highest BCUT2D eigenvalue weighted by molar-refractivity contribution is 4.69. The summed E-state index contributed by atoms with van der Waals surface area (Å²) in [6, 6.07) is 0.581. The van der Waals surface area contributed by atoms with Crippen LogP contribution >= 0.6 is 0 Å². The maximum atomic E-state index is 9.88. The van der Waals surface area contributed by atoms with Gasteiger partial charge < -0.3 is 21.5 Å². The number of hydrogen-bond donors (Lipinski definition) is 4. The Morgan fingerprint density at radius 1 is 0.950 bits per heavy atom. The van der Waals surface area contributed by atoms with Gasteiger partial charge in [0.25, 0.3) is 0 Å². The fourth-order valence-corrected chi connectivity index (χ4v) is 2.19. The molecule has 3 atom stereocenters. The molecule has 5 N–H and O–H groups in total. The highest BCUT2D eigenvalue weighted by atomic mass is 16.3. The Kier molecular flexibility index (Phi) is 13.7. The second-order valence-corrected chi connectivity index (χ2v) is 6.16. The summed E-state index contributed by atoms with van der Waals surface area (Å²) in [7, 11) is 0. The fourth-order valence-electron chi connectivity index (χ4n) is 2.19. The SMILES string of the molecule is CCCCCCCCC(O)CNCC(C)NCC(C)N. The first kappa shape index (κ1) is 19.8. The molecular weight excluding hydrogens is 250 g/mol. The molecule has 0 aliphatic rings. The Balaban J connectivity index is 3.33. The average molecular weight is 287 g/mol. The summed E-state index contributed by atoms with van der Waals surface area (Å²) < 4.78 is 0. The zero-order valence-electron chi connectivity index (χ0n) is 13.8. The minimum absolute atomic E-state index is 0.191. The third-order valence-electron chi connectivity index (χ3n) is 3.51. The van der Waals surface area contributed by atoms with Crippen LogP contribution in [0.2, 0.25) is 0 Å². The lowest BCUT2D eigenvalue weighted by Crippen LogP contribution is -2.43. The molecule has 0 saturated carbocycles. The van der Waals surface area contributed by atoms with E-state index in [1.165, 1.54) is 32.1 Å². The van der Waals surface area contributed by atoms with Crippen molar-refractivity contribution in [2.24, 2.45) is 5.73 Å². The lowest BCUT2D eigenvalue weighted by Gasteiger charge is -2.17. The molecule has 0 aromatic carbocycles. The maximum absolute atomic E-state index is 9.88. The number of nitrogens with one attached hydrogen (secondary N) is 2. The predicted octanol–water partition coefficient (Wildman–Crippen LogP) is 2.01. The number of unbranched alkanes of at least 4 members (excludes halogenated alkanes) is 5. The van der Waals surface area contributed by atoms with Crippen molar-refractivity contribution in [1.82, 2.24) is 10.6 Å². The molecule has 0 aliphatic carbocycles. The minimum Gasteiger partial charge on any atom is -0.392 e. The average Bonchev–Trinajstić information content (AvgIpc) is 2.40. The van der Waals surface area contributed by atoms with Crippen LogP contribution in [-0.4, -0.2) is 42.9 Å². The Labute approximate surface area is 125 Å². The quantitative estimate of drug-likeness (QED) is 0.369. The van der Waals surface area contributed by atoms with E-state index in [0.29, 0.717) is 12.6 Å². The first-order chi connectivity index (χ1) is 9.56. The van der Waals surface area contributed by atoms with Crippen LogP contribution in [0.1, 0.15) is 65.7 Å². The van der Waals surface area contributed by atoms with Gasteiger partial charge in [-0.3, -0.25) is 0 Å². The van der Waals surface area contributed by atoms with Crippen molar-refractivity contribution in [3.63, 3.8) is 0 Å². The van der Waals surface area contributed by atoms with Crippen LogP contribution in [0.3, 0.4) is 0 Å². The molecule has 0 amide bonds. The van der Waals surface area contributed by atoms with Crippen molar-refractivity contribution < 1.29 is 5.11 Å². The van der Waals surface area contributed by atoms with Crippen molar-refractivity contribution in [1.29, 1.82) is 0 Å². The monoisotopic (exact) mass is 287 g/mol. The zero-order valence-corrected chi connectivity index (χ0v) is 13.8. The lowest BCUT2D eigenvalue weighted by atomic mass is 10.1. The molecular formula is C16H37N3O. The largest absolute Gasteiger partial charge is 0.392 e. The molecule has 0 heterocycles. The van der Waals surface area contributed by atoms with Crippen LogP contribution in [-0.2, 0) is 0 Å². The zero-order chi connectivity index (χ0) is 15.2. The summed E-state index contributed by atoms with van der Waals surface area (Å²) in [4.78, 5) is 0. The van der Waals surface area contributed by atoms with Crippen LogP contribution in [0.5, 0.6) is 0 Å². The Morgan fingerprint density at radius 3 is 2.25 bits per heavy atom. The molecule has 0 spiro atoms. The van der Waals surface area contributed by atoms with Crippen molar-refractivity contribution in [2.75, 3.05) is 19.6 Å². The summed E-state index contributed by atoms with van der Waals surface area (Å²) in [5.41, 5.74) is 5.69. The van der Waals surface area contributed by atoms with E-state index >= 15 is 0 Å². The summed E-state index contributed by atoms with van der Waals surface area (Å²) >= 11 is 0. The molecule has 4 nitrogen and oxygen atoms in total. The summed E-state index contributed by atoms with van der Waals surface area (Å²) in [6.45, 7) is 8.77. The third-order valence-corrected chi connectivity index (χ3v) is 3.51. The summed E-state index contributed by atoms with van der Waals surface area (Å²) in [5.74, 6) is 0. The molecule has 0 saturated heterocycles. The number of aliphatic hydroxyl groups is 1. The van der Waals surface area contributed by atoms with Gasteiger partial charge in [-0.2, -0.15) is 0 Å². The second-order valence-electron chi connectivity index (χ2n) is 6.16. The summed E-state index contributed by atoms with van der Waals surface area (Å²) in [5, 5.41) is 16.6. The molecule has 20 heavy (non-hydrogen) atoms. The Hall–Kier alpha value is -0.160. The first-order valence-electron chi connectivity index (χ1n) is 8.44. The Morgan fingerprint density at radius 2 is 1.60 bits per heavy atom. The van der Waals surface area contributed by atoms with Gasteiger partial charge in [0.15, 0.2) is 0 Å². The minimum atomic E-state index is -0.207. The van der Waals surface area contributed by atoms with Crippen molar-refractivity contribution in [3.8, 4) is 0 Å². The lowest BCUT2D eigenvalue weighted by molar-refractivity contribution is 0.157. The number of aliphatic hydroxyl groups excluding tert-OH is 1. The molecule has 4 heteroatoms. The van der Waals surface area contributed by atoms with Gasteiger partial charge in [0.1, 0.15) is 0 Å². The van der Waals surface area contributed by atoms with Crippen molar-refractivity contribution >= 4 is 0 Å². The van der Waals surface area contributed by atoms with E-state index in [2.05, 4.69) is 24.5 Å². The molecule has 0 aliphatic heterocycles. The predicted molar refractivity (Wildman–Crippen MR) is 88.0 cm³/mol. The van der Waals surface area contributed by atoms with Gasteiger partial charge >= 0.3 is 0 Å². The third kappa shape index (κ3) is 14.3. The van der Waals surface area contributed by atoms with Gasteiger partial charge in [-0.05, 0) is 20.3 Å². The van der Waals surface area contributed by atoms with Crippen molar-refractivity contribution in [3.05, 3.63) is 0 Å². The van der Waals surface area contributed by atoms with E-state index in [0.717, 1.165) is 25.9 Å². The van der Waals surface area contributed by atoms with E-state index in [9.17, 15) is 5.11 Å². The molecule has 122 valence electrons. The standard InChI is InChI=1S/C16H37N3O/c1-4-5-6-7-8-9-10-16(20)13-18-12-15(3)19-11-14(2)17/h14-16,18-20H,4-13,17H2,1-3H3. The van der Waals surface area contributed by atoms with Crippen LogP contribution in [0.25, 0.3) is 0 Å². The van der Waals surface area contributed by atoms with Gasteiger partial charge in [0.2, 0.25) is 0 Å². The van der Waals surface area contributed by atoms with E-state index in [4.69, 9.17) is 5.73 Å². The molecule has 0 aromatic rings. The van der Waals surface area contributed by atoms with E-state index in [1.807, 2.05) is 6.92 Å². The van der Waals surface area contributed by atoms with Crippen LogP contribution < -0.4 is 16.4 Å². The molecule has 0 radical (unpaired) electrons. The normalized spacial score (nSPS) is 16.1. The highest BCUT2D eigenvalue weighted by Crippen LogP contribution is 2.08. The molecule has 0 bridgehead atoms. The number of nitrogens with two attached hydrogens (primary N) is 1. The van der Waals surface area contributed by atoms with Gasteiger partial charge in [-0.1, -0.05) is 45.4 Å². The Bertz CT molecular complexity index is 200. The van der Waals surface area contributed by atoms with Crippen LogP contribution in [0, 0.1) is 0 Å². The first-order valence-corrected chi connectivity index (χ1v) is 8.44. The van der Waals surface area contributed by atoms with Crippen LogP contribution in [0.15, 0.2) is 0 Å². The van der Waals surface area contributed by atoms with E-state index in [1.54, 1.807) is 0 Å². The molecule has 0 fully saturated rings. The van der Waals surface area contributed by atoms with E-state index in [-0.39, 0.29) is 12.1 Å². The topological polar surface area (TPSA) is 70.3 Å². The smallest absolute Gasteiger partial charge is 0.0664 e. The van der Waals surface area contributed by atoms with Crippen molar-refractivity contribution in [2.45, 2.75) is 83.9 Å². The second kappa shape index (κ2) is 13.8. The van der Waals surface area contributed by atoms with Gasteiger partial charge in [-0.25, -0.2) is 0 Å². The maximum Gasteiger partial charge on any atom is 0.0664 e. The van der Waals surface area contributed by atoms with Crippen LogP contribution in [0.4, 0.5) is 0 Å². The highest BCUT2D eigenvalue weighted by Gasteiger charge is 2.06. The molecule has 3 unspecified atom stereocenters. The molecule has 0 aromatic heterocycles. The molecule has 0 rings (SSSR count). The van der Waals surface area contributed by atoms with E-state index < -0.39 is 0 Å². The van der Waals surface area contributed by atoms with Gasteiger partial charge in [0.05, 0.1) is 6.10 Å².